The van der Waals surface area contributed by atoms with E-state index in [0.29, 0.717) is 13.1 Å². The molecule has 1 aliphatic heterocycles. The van der Waals surface area contributed by atoms with Gasteiger partial charge >= 0.3 is 0 Å². The molecule has 2 atom stereocenters. The number of hydrogen-bond donors (Lipinski definition) is 1. The molecule has 0 aliphatic carbocycles. The number of rotatable bonds is 5. The molecule has 2 rings (SSSR count). The number of carbonyl (C=O) groups is 2. The first-order valence-electron chi connectivity index (χ1n) is 7.52. The molecule has 6 heteroatoms. The minimum absolute atomic E-state index is 0.0379. The van der Waals surface area contributed by atoms with E-state index in [-0.39, 0.29) is 30.6 Å². The van der Waals surface area contributed by atoms with Crippen LogP contribution < -0.4 is 0 Å². The summed E-state index contributed by atoms with van der Waals surface area (Å²) in [6.45, 7) is 0.892. The van der Waals surface area contributed by atoms with Crippen molar-refractivity contribution in [1.82, 2.24) is 14.8 Å². The van der Waals surface area contributed by atoms with Crippen LogP contribution in [0.1, 0.15) is 18.4 Å². The zero-order valence-corrected chi connectivity index (χ0v) is 13.1. The van der Waals surface area contributed by atoms with Gasteiger partial charge in [-0.05, 0) is 24.1 Å². The van der Waals surface area contributed by atoms with E-state index in [9.17, 15) is 14.7 Å². The van der Waals surface area contributed by atoms with Crippen LogP contribution in [0, 0.1) is 5.92 Å². The van der Waals surface area contributed by atoms with Crippen molar-refractivity contribution >= 4 is 11.8 Å². The summed E-state index contributed by atoms with van der Waals surface area (Å²) in [6.07, 6.45) is 4.09. The highest BCUT2D eigenvalue weighted by atomic mass is 16.3. The molecule has 1 fully saturated rings. The molecule has 1 N–H and O–H groups in total. The molecule has 2 amide bonds. The number of aliphatic hydroxyl groups is 1. The van der Waals surface area contributed by atoms with E-state index in [1.54, 1.807) is 31.4 Å². The van der Waals surface area contributed by atoms with Crippen LogP contribution in [-0.4, -0.2) is 65.0 Å². The Bertz CT molecular complexity index is 519. The molecule has 6 nitrogen and oxygen atoms in total. The van der Waals surface area contributed by atoms with Crippen LogP contribution in [0.15, 0.2) is 24.5 Å². The van der Waals surface area contributed by atoms with Crippen LogP contribution in [-0.2, 0) is 16.0 Å². The van der Waals surface area contributed by atoms with Gasteiger partial charge in [0, 0.05) is 58.3 Å². The van der Waals surface area contributed by atoms with E-state index in [1.165, 1.54) is 4.90 Å². The van der Waals surface area contributed by atoms with E-state index in [1.807, 2.05) is 12.1 Å². The van der Waals surface area contributed by atoms with E-state index < -0.39 is 6.10 Å². The number of pyridine rings is 1. The summed E-state index contributed by atoms with van der Waals surface area (Å²) < 4.78 is 0. The summed E-state index contributed by atoms with van der Waals surface area (Å²) >= 11 is 0. The number of nitrogens with zero attached hydrogens (tertiary/aromatic N) is 3. The third kappa shape index (κ3) is 4.27. The lowest BCUT2D eigenvalue weighted by Gasteiger charge is -2.17. The van der Waals surface area contributed by atoms with E-state index in [4.69, 9.17) is 0 Å². The lowest BCUT2D eigenvalue weighted by molar-refractivity contribution is -0.135. The molecular weight excluding hydrogens is 282 g/mol. The van der Waals surface area contributed by atoms with Crippen molar-refractivity contribution < 1.29 is 14.7 Å². The van der Waals surface area contributed by atoms with Gasteiger partial charge in [0.2, 0.25) is 11.8 Å². The van der Waals surface area contributed by atoms with Gasteiger partial charge in [-0.2, -0.15) is 0 Å². The van der Waals surface area contributed by atoms with Gasteiger partial charge in [0.1, 0.15) is 0 Å². The molecule has 1 aromatic heterocycles. The average molecular weight is 305 g/mol. The third-order valence-corrected chi connectivity index (χ3v) is 4.06. The van der Waals surface area contributed by atoms with Gasteiger partial charge in [0.15, 0.2) is 0 Å². The van der Waals surface area contributed by atoms with E-state index in [2.05, 4.69) is 4.98 Å². The Kier molecular flexibility index (Phi) is 5.49. The molecule has 22 heavy (non-hydrogen) atoms. The summed E-state index contributed by atoms with van der Waals surface area (Å²) in [5.41, 5.74) is 1.11. The fourth-order valence-electron chi connectivity index (χ4n) is 2.68. The largest absolute Gasteiger partial charge is 0.391 e. The first-order chi connectivity index (χ1) is 10.5. The van der Waals surface area contributed by atoms with E-state index in [0.717, 1.165) is 12.0 Å². The van der Waals surface area contributed by atoms with E-state index >= 15 is 0 Å². The van der Waals surface area contributed by atoms with Gasteiger partial charge in [-0.3, -0.25) is 14.6 Å². The maximum Gasteiger partial charge on any atom is 0.223 e. The molecule has 0 radical (unpaired) electrons. The highest BCUT2D eigenvalue weighted by Crippen LogP contribution is 2.22. The SMILES string of the molecule is CN(C)C(=O)CCC(=O)N1CC(O)C(Cc2ccncc2)C1. The molecule has 1 saturated heterocycles. The normalized spacial score (nSPS) is 21.0. The summed E-state index contributed by atoms with van der Waals surface area (Å²) in [7, 11) is 3.36. The number of β-amino-alcohol motifs (C(OH)–C–C–N with tert-alkyl or cyclic N) is 1. The number of aromatic nitrogens is 1. The van der Waals surface area contributed by atoms with Crippen LogP contribution >= 0.6 is 0 Å². The third-order valence-electron chi connectivity index (χ3n) is 4.06. The molecule has 2 unspecified atom stereocenters. The van der Waals surface area contributed by atoms with Crippen molar-refractivity contribution in [3.8, 4) is 0 Å². The topological polar surface area (TPSA) is 73.7 Å². The van der Waals surface area contributed by atoms with Gasteiger partial charge in [-0.1, -0.05) is 0 Å². The maximum absolute atomic E-state index is 12.1. The molecular formula is C16H23N3O3. The van der Waals surface area contributed by atoms with Crippen LogP contribution in [0.2, 0.25) is 0 Å². The molecule has 0 spiro atoms. The first-order valence-corrected chi connectivity index (χ1v) is 7.52. The first kappa shape index (κ1) is 16.4. The average Bonchev–Trinajstić information content (AvgIpc) is 2.86. The number of amides is 2. The Morgan fingerprint density at radius 1 is 1.27 bits per heavy atom. The predicted octanol–water partition coefficient (Wildman–Crippen LogP) is 0.312. The van der Waals surface area contributed by atoms with Crippen molar-refractivity contribution in [3.05, 3.63) is 30.1 Å². The van der Waals surface area contributed by atoms with Crippen molar-refractivity contribution in [3.63, 3.8) is 0 Å². The zero-order valence-electron chi connectivity index (χ0n) is 13.1. The molecule has 1 aliphatic rings. The number of carbonyl (C=O) groups excluding carboxylic acids is 2. The minimum Gasteiger partial charge on any atom is -0.391 e. The van der Waals surface area contributed by atoms with Crippen LogP contribution in [0.25, 0.3) is 0 Å². The molecule has 0 saturated carbocycles. The summed E-state index contributed by atoms with van der Waals surface area (Å²) in [4.78, 5) is 30.8. The van der Waals surface area contributed by atoms with Crippen LogP contribution in [0.3, 0.4) is 0 Å². The zero-order chi connectivity index (χ0) is 16.1. The van der Waals surface area contributed by atoms with Crippen LogP contribution in [0.4, 0.5) is 0 Å². The lowest BCUT2D eigenvalue weighted by atomic mass is 9.97. The summed E-state index contributed by atoms with van der Waals surface area (Å²) in [5, 5.41) is 10.2. The standard InChI is InChI=1S/C16H23N3O3/c1-18(2)15(21)3-4-16(22)19-10-13(14(20)11-19)9-12-5-7-17-8-6-12/h5-8,13-14,20H,3-4,9-11H2,1-2H3. The Balaban J connectivity index is 1.85. The number of hydrogen-bond acceptors (Lipinski definition) is 4. The summed E-state index contributed by atoms with van der Waals surface area (Å²) in [6, 6.07) is 3.85. The fourth-order valence-corrected chi connectivity index (χ4v) is 2.68. The van der Waals surface area contributed by atoms with Gasteiger partial charge in [-0.25, -0.2) is 0 Å². The minimum atomic E-state index is -0.512. The molecule has 120 valence electrons. The van der Waals surface area contributed by atoms with Gasteiger partial charge < -0.3 is 14.9 Å². The fraction of sp³-hybridized carbons (Fsp3) is 0.562. The highest BCUT2D eigenvalue weighted by Gasteiger charge is 2.33. The van der Waals surface area contributed by atoms with Crippen molar-refractivity contribution in [2.75, 3.05) is 27.2 Å². The molecule has 0 bridgehead atoms. The predicted molar refractivity (Wildman–Crippen MR) is 81.9 cm³/mol. The quantitative estimate of drug-likeness (QED) is 0.850. The van der Waals surface area contributed by atoms with Gasteiger partial charge in [0.25, 0.3) is 0 Å². The Morgan fingerprint density at radius 3 is 2.59 bits per heavy atom. The van der Waals surface area contributed by atoms with Gasteiger partial charge in [0.05, 0.1) is 6.10 Å². The van der Waals surface area contributed by atoms with Gasteiger partial charge in [-0.15, -0.1) is 0 Å². The lowest BCUT2D eigenvalue weighted by Crippen LogP contribution is -2.31. The second kappa shape index (κ2) is 7.35. The molecule has 2 heterocycles. The highest BCUT2D eigenvalue weighted by molar-refractivity contribution is 5.83. The maximum atomic E-state index is 12.1. The van der Waals surface area contributed by atoms with Crippen molar-refractivity contribution in [1.29, 1.82) is 0 Å². The second-order valence-corrected chi connectivity index (χ2v) is 5.97. The van der Waals surface area contributed by atoms with Crippen LogP contribution in [0.5, 0.6) is 0 Å². The number of aliphatic hydroxyl groups excluding tert-OH is 1. The number of likely N-dealkylation sites (tertiary alicyclic amines) is 1. The monoisotopic (exact) mass is 305 g/mol. The smallest absolute Gasteiger partial charge is 0.223 e. The Morgan fingerprint density at radius 2 is 1.95 bits per heavy atom. The molecule has 0 aromatic carbocycles. The Labute approximate surface area is 130 Å². The summed E-state index contributed by atoms with van der Waals surface area (Å²) in [5.74, 6) is -0.0798. The second-order valence-electron chi connectivity index (χ2n) is 5.97. The molecule has 1 aromatic rings. The van der Waals surface area contributed by atoms with Crippen molar-refractivity contribution in [2.45, 2.75) is 25.4 Å². The van der Waals surface area contributed by atoms with Crippen molar-refractivity contribution in [2.24, 2.45) is 5.92 Å². The Hall–Kier alpha value is -1.95.